The van der Waals surface area contributed by atoms with E-state index in [0.29, 0.717) is 16.9 Å². The topological polar surface area (TPSA) is 95.7 Å². The van der Waals surface area contributed by atoms with E-state index in [1.54, 1.807) is 18.2 Å². The molecular weight excluding hydrogens is 403 g/mol. The molecule has 0 bridgehead atoms. The number of rotatable bonds is 5. The van der Waals surface area contributed by atoms with Crippen molar-refractivity contribution in [2.45, 2.75) is 48.3 Å². The first-order valence-corrected chi connectivity index (χ1v) is 11.5. The number of hydrogen-bond donors (Lipinski definition) is 1. The Hall–Kier alpha value is -3.05. The lowest BCUT2D eigenvalue weighted by Crippen LogP contribution is -2.25. The fraction of sp³-hybridized carbons (Fsp3) is 0.318. The third-order valence-corrected chi connectivity index (χ3v) is 7.24. The minimum Gasteiger partial charge on any atom is -0.366 e. The zero-order chi connectivity index (χ0) is 21.1. The van der Waals surface area contributed by atoms with E-state index in [1.165, 1.54) is 6.42 Å². The molecule has 1 aliphatic carbocycles. The van der Waals surface area contributed by atoms with Crippen molar-refractivity contribution < 1.29 is 12.8 Å². The molecule has 1 aromatic heterocycles. The predicted molar refractivity (Wildman–Crippen MR) is 112 cm³/mol. The largest absolute Gasteiger partial charge is 0.366 e. The zero-order valence-electron chi connectivity index (χ0n) is 16.3. The van der Waals surface area contributed by atoms with Gasteiger partial charge in [0.2, 0.25) is 9.84 Å². The molecule has 4 rings (SSSR count). The van der Waals surface area contributed by atoms with Crippen molar-refractivity contribution >= 4 is 26.7 Å². The molecule has 2 aromatic carbocycles. The molecular formula is C22H21FN4O2S. The van der Waals surface area contributed by atoms with E-state index in [-0.39, 0.29) is 16.6 Å². The summed E-state index contributed by atoms with van der Waals surface area (Å²) in [4.78, 5) is 9.00. The normalized spacial score (nSPS) is 16.1. The van der Waals surface area contributed by atoms with E-state index in [0.717, 1.165) is 49.9 Å². The highest BCUT2D eigenvalue weighted by Crippen LogP contribution is 2.33. The van der Waals surface area contributed by atoms with Gasteiger partial charge in [0.15, 0.2) is 11.1 Å². The van der Waals surface area contributed by atoms with Crippen molar-refractivity contribution in [2.75, 3.05) is 5.32 Å². The quantitative estimate of drug-likeness (QED) is 0.604. The summed E-state index contributed by atoms with van der Waals surface area (Å²) in [6, 6.07) is 13.6. The van der Waals surface area contributed by atoms with Crippen LogP contribution in [0.3, 0.4) is 0 Å². The molecule has 0 aliphatic heterocycles. The average molecular weight is 425 g/mol. The minimum atomic E-state index is -4.12. The molecule has 1 saturated carbocycles. The number of nitriles is 1. The highest BCUT2D eigenvalue weighted by atomic mass is 32.2. The Labute approximate surface area is 174 Å². The predicted octanol–water partition coefficient (Wildman–Crippen LogP) is 4.55. The fourth-order valence-electron chi connectivity index (χ4n) is 3.78. The van der Waals surface area contributed by atoms with Gasteiger partial charge in [0.25, 0.3) is 0 Å². The lowest BCUT2D eigenvalue weighted by Gasteiger charge is -2.25. The highest BCUT2D eigenvalue weighted by molar-refractivity contribution is 7.92. The Morgan fingerprint density at radius 1 is 1.00 bits per heavy atom. The Morgan fingerprint density at radius 3 is 2.27 bits per heavy atom. The molecule has 1 N–H and O–H groups in total. The second-order valence-electron chi connectivity index (χ2n) is 7.43. The number of aromatic nitrogens is 2. The summed E-state index contributed by atoms with van der Waals surface area (Å²) < 4.78 is 39.7. The number of benzene rings is 2. The zero-order valence-corrected chi connectivity index (χ0v) is 17.1. The third-order valence-electron chi connectivity index (χ3n) is 5.36. The van der Waals surface area contributed by atoms with Crippen molar-refractivity contribution in [3.8, 4) is 6.07 Å². The van der Waals surface area contributed by atoms with Gasteiger partial charge in [0.1, 0.15) is 11.5 Å². The number of para-hydroxylation sites is 2. The van der Waals surface area contributed by atoms with Crippen molar-refractivity contribution in [3.05, 3.63) is 60.0 Å². The van der Waals surface area contributed by atoms with Gasteiger partial charge in [-0.05, 0) is 49.2 Å². The van der Waals surface area contributed by atoms with Crippen LogP contribution in [0.5, 0.6) is 0 Å². The van der Waals surface area contributed by atoms with Crippen LogP contribution in [0.25, 0.3) is 11.0 Å². The molecule has 0 unspecified atom stereocenters. The fourth-order valence-corrected chi connectivity index (χ4v) is 5.17. The SMILES string of the molecule is N#C[C@@H](c1nc2ccccc2nc1NC1CCCCC1)S(=O)(=O)c1ccc(F)cc1. The monoisotopic (exact) mass is 424 g/mol. The van der Waals surface area contributed by atoms with Crippen LogP contribution in [-0.2, 0) is 9.84 Å². The van der Waals surface area contributed by atoms with Gasteiger partial charge < -0.3 is 5.32 Å². The molecule has 1 heterocycles. The van der Waals surface area contributed by atoms with Crippen LogP contribution in [0.1, 0.15) is 43.0 Å². The molecule has 8 heteroatoms. The first kappa shape index (κ1) is 20.2. The maximum atomic E-state index is 13.3. The van der Waals surface area contributed by atoms with E-state index in [2.05, 4.69) is 15.3 Å². The second kappa shape index (κ2) is 8.36. The second-order valence-corrected chi connectivity index (χ2v) is 9.47. The molecule has 1 fully saturated rings. The van der Waals surface area contributed by atoms with E-state index in [9.17, 15) is 18.1 Å². The minimum absolute atomic E-state index is 0.0751. The van der Waals surface area contributed by atoms with E-state index < -0.39 is 20.9 Å². The summed E-state index contributed by atoms with van der Waals surface area (Å²) in [5.74, 6) is -0.231. The summed E-state index contributed by atoms with van der Waals surface area (Å²) in [5, 5.41) is 11.6. The average Bonchev–Trinajstić information content (AvgIpc) is 2.75. The van der Waals surface area contributed by atoms with Gasteiger partial charge in [-0.25, -0.2) is 22.8 Å². The first-order valence-electron chi connectivity index (χ1n) is 9.91. The number of fused-ring (bicyclic) bond motifs is 1. The van der Waals surface area contributed by atoms with Gasteiger partial charge >= 0.3 is 0 Å². The molecule has 0 saturated heterocycles. The Morgan fingerprint density at radius 2 is 1.63 bits per heavy atom. The maximum Gasteiger partial charge on any atom is 0.200 e. The maximum absolute atomic E-state index is 13.3. The third kappa shape index (κ3) is 3.98. The molecule has 3 aromatic rings. The molecule has 1 aliphatic rings. The number of nitrogens with one attached hydrogen (secondary N) is 1. The van der Waals surface area contributed by atoms with Crippen LogP contribution in [-0.4, -0.2) is 24.4 Å². The molecule has 0 radical (unpaired) electrons. The Bertz CT molecular complexity index is 1200. The number of nitrogens with zero attached hydrogens (tertiary/aromatic N) is 3. The Kier molecular flexibility index (Phi) is 5.64. The van der Waals surface area contributed by atoms with Crippen LogP contribution < -0.4 is 5.32 Å². The van der Waals surface area contributed by atoms with E-state index >= 15 is 0 Å². The summed E-state index contributed by atoms with van der Waals surface area (Å²) >= 11 is 0. The van der Waals surface area contributed by atoms with Crippen LogP contribution in [0.2, 0.25) is 0 Å². The van der Waals surface area contributed by atoms with Crippen molar-refractivity contribution in [1.29, 1.82) is 5.26 Å². The Balaban J connectivity index is 1.82. The van der Waals surface area contributed by atoms with Crippen LogP contribution >= 0.6 is 0 Å². The van der Waals surface area contributed by atoms with Crippen LogP contribution in [0.4, 0.5) is 10.2 Å². The van der Waals surface area contributed by atoms with Gasteiger partial charge in [-0.2, -0.15) is 5.26 Å². The van der Waals surface area contributed by atoms with Gasteiger partial charge in [0, 0.05) is 6.04 Å². The standard InChI is InChI=1S/C22H21FN4O2S/c23-15-10-12-17(13-11-15)30(28,29)20(14-24)21-22(25-16-6-2-1-3-7-16)27-19-9-5-4-8-18(19)26-21/h4-5,8-13,16,20H,1-3,6-7H2,(H,25,27)/t20-/m0/s1. The summed E-state index contributed by atoms with van der Waals surface area (Å²) in [7, 11) is -4.12. The number of sulfone groups is 1. The number of halogens is 1. The molecule has 6 nitrogen and oxygen atoms in total. The highest BCUT2D eigenvalue weighted by Gasteiger charge is 2.34. The molecule has 0 spiro atoms. The molecule has 30 heavy (non-hydrogen) atoms. The van der Waals surface area contributed by atoms with E-state index in [1.807, 2.05) is 12.1 Å². The molecule has 0 amide bonds. The van der Waals surface area contributed by atoms with Crippen LogP contribution in [0.15, 0.2) is 53.4 Å². The summed E-state index contributed by atoms with van der Waals surface area (Å²) in [6.07, 6.45) is 5.26. The van der Waals surface area contributed by atoms with Gasteiger partial charge in [0.05, 0.1) is 22.0 Å². The van der Waals surface area contributed by atoms with E-state index in [4.69, 9.17) is 0 Å². The van der Waals surface area contributed by atoms with Crippen molar-refractivity contribution in [2.24, 2.45) is 0 Å². The lowest BCUT2D eigenvalue weighted by atomic mass is 9.95. The lowest BCUT2D eigenvalue weighted by molar-refractivity contribution is 0.461. The van der Waals surface area contributed by atoms with Crippen molar-refractivity contribution in [1.82, 2.24) is 9.97 Å². The van der Waals surface area contributed by atoms with Gasteiger partial charge in [-0.3, -0.25) is 0 Å². The van der Waals surface area contributed by atoms with Crippen molar-refractivity contribution in [3.63, 3.8) is 0 Å². The van der Waals surface area contributed by atoms with Gasteiger partial charge in [-0.1, -0.05) is 31.4 Å². The first-order chi connectivity index (χ1) is 14.5. The number of hydrogen-bond acceptors (Lipinski definition) is 6. The summed E-state index contributed by atoms with van der Waals surface area (Å²) in [5.41, 5.74) is 1.21. The summed E-state index contributed by atoms with van der Waals surface area (Å²) in [6.45, 7) is 0. The molecule has 1 atom stereocenters. The molecule has 154 valence electrons. The van der Waals surface area contributed by atoms with Crippen LogP contribution in [0, 0.1) is 17.1 Å². The van der Waals surface area contributed by atoms with Gasteiger partial charge in [-0.15, -0.1) is 0 Å². The smallest absolute Gasteiger partial charge is 0.200 e. The number of anilines is 1.